The summed E-state index contributed by atoms with van der Waals surface area (Å²) in [6.07, 6.45) is 0. The van der Waals surface area contributed by atoms with Gasteiger partial charge in [-0.1, -0.05) is 11.6 Å². The van der Waals surface area contributed by atoms with Crippen LogP contribution in [0.25, 0.3) is 11.1 Å². The molecule has 3 rings (SSSR count). The summed E-state index contributed by atoms with van der Waals surface area (Å²) in [4.78, 5) is 35.1. The number of nitro benzene ring substituents is 1. The Kier molecular flexibility index (Phi) is 5.82. The fourth-order valence-electron chi connectivity index (χ4n) is 2.34. The van der Waals surface area contributed by atoms with E-state index in [1.807, 2.05) is 12.1 Å². The van der Waals surface area contributed by atoms with E-state index in [4.69, 9.17) is 20.8 Å². The van der Waals surface area contributed by atoms with E-state index in [0.29, 0.717) is 10.8 Å². The van der Waals surface area contributed by atoms with E-state index in [9.17, 15) is 19.7 Å². The Morgan fingerprint density at radius 2 is 2.00 bits per heavy atom. The van der Waals surface area contributed by atoms with Crippen LogP contribution in [0.15, 0.2) is 56.6 Å². The highest BCUT2D eigenvalue weighted by molar-refractivity contribution is 7.99. The number of rotatable bonds is 7. The van der Waals surface area contributed by atoms with Crippen molar-refractivity contribution in [3.05, 3.63) is 68.2 Å². The fraction of sp³-hybridized carbons (Fsp3) is 0.176. The van der Waals surface area contributed by atoms with Crippen molar-refractivity contribution < 1.29 is 18.9 Å². The number of benzene rings is 2. The van der Waals surface area contributed by atoms with E-state index in [-0.39, 0.29) is 29.9 Å². The molecule has 140 valence electrons. The second-order valence-corrected chi connectivity index (χ2v) is 6.99. The standard InChI is InChI=1S/C17H13ClN2O6S/c18-11-1-4-13(5-2-11)27-8-7-25-16(21)10-19-14-6-3-12(20(23)24)9-15(14)26-17(19)22/h1-6,9H,7-8,10H2. The Hall–Kier alpha value is -2.78. The minimum atomic E-state index is -0.780. The van der Waals surface area contributed by atoms with Gasteiger partial charge in [0, 0.05) is 21.7 Å². The molecule has 0 amide bonds. The van der Waals surface area contributed by atoms with Crippen LogP contribution < -0.4 is 5.76 Å². The Morgan fingerprint density at radius 1 is 1.26 bits per heavy atom. The highest BCUT2D eigenvalue weighted by Gasteiger charge is 2.16. The van der Waals surface area contributed by atoms with Crippen molar-refractivity contribution >= 4 is 46.1 Å². The number of halogens is 1. The lowest BCUT2D eigenvalue weighted by atomic mass is 10.3. The molecule has 0 radical (unpaired) electrons. The number of ether oxygens (including phenoxy) is 1. The Balaban J connectivity index is 1.57. The molecule has 0 aliphatic rings. The van der Waals surface area contributed by atoms with Crippen LogP contribution in [0, 0.1) is 10.1 Å². The smallest absolute Gasteiger partial charge is 0.420 e. The van der Waals surface area contributed by atoms with Gasteiger partial charge in [-0.05, 0) is 30.3 Å². The van der Waals surface area contributed by atoms with Crippen molar-refractivity contribution in [2.75, 3.05) is 12.4 Å². The van der Waals surface area contributed by atoms with Crippen molar-refractivity contribution in [3.8, 4) is 0 Å². The van der Waals surface area contributed by atoms with Crippen LogP contribution in [-0.4, -0.2) is 27.8 Å². The first-order chi connectivity index (χ1) is 12.9. The zero-order valence-electron chi connectivity index (χ0n) is 13.8. The summed E-state index contributed by atoms with van der Waals surface area (Å²) in [6.45, 7) is -0.169. The van der Waals surface area contributed by atoms with Gasteiger partial charge < -0.3 is 9.15 Å². The van der Waals surface area contributed by atoms with E-state index in [2.05, 4.69) is 0 Å². The molecule has 0 N–H and O–H groups in total. The average Bonchev–Trinajstić information content (AvgIpc) is 2.95. The maximum Gasteiger partial charge on any atom is 0.420 e. The quantitative estimate of drug-likeness (QED) is 0.194. The number of aromatic nitrogens is 1. The molecule has 0 spiro atoms. The van der Waals surface area contributed by atoms with Gasteiger partial charge in [0.2, 0.25) is 0 Å². The number of fused-ring (bicyclic) bond motifs is 1. The molecule has 27 heavy (non-hydrogen) atoms. The molecule has 1 heterocycles. The summed E-state index contributed by atoms with van der Waals surface area (Å²) in [5.41, 5.74) is 0.128. The fourth-order valence-corrected chi connectivity index (χ4v) is 3.20. The number of esters is 1. The predicted octanol–water partition coefficient (Wildman–Crippen LogP) is 3.49. The summed E-state index contributed by atoms with van der Waals surface area (Å²) in [5.74, 6) is -0.839. The summed E-state index contributed by atoms with van der Waals surface area (Å²) in [5, 5.41) is 11.4. The normalized spacial score (nSPS) is 10.9. The van der Waals surface area contributed by atoms with Crippen molar-refractivity contribution in [1.82, 2.24) is 4.57 Å². The topological polar surface area (TPSA) is 105 Å². The zero-order chi connectivity index (χ0) is 19.4. The molecule has 0 aliphatic carbocycles. The number of hydrogen-bond donors (Lipinski definition) is 0. The van der Waals surface area contributed by atoms with Crippen LogP contribution in [0.5, 0.6) is 0 Å². The molecule has 0 saturated carbocycles. The van der Waals surface area contributed by atoms with Crippen LogP contribution in [0.2, 0.25) is 5.02 Å². The zero-order valence-corrected chi connectivity index (χ0v) is 15.4. The predicted molar refractivity (Wildman–Crippen MR) is 100 cm³/mol. The lowest BCUT2D eigenvalue weighted by Crippen LogP contribution is -2.22. The van der Waals surface area contributed by atoms with Gasteiger partial charge in [-0.25, -0.2) is 4.79 Å². The molecule has 0 aliphatic heterocycles. The van der Waals surface area contributed by atoms with Gasteiger partial charge in [-0.15, -0.1) is 11.8 Å². The number of carbonyl (C=O) groups is 1. The Morgan fingerprint density at radius 3 is 2.70 bits per heavy atom. The molecule has 10 heteroatoms. The summed E-state index contributed by atoms with van der Waals surface area (Å²) in [6, 6.07) is 11.0. The monoisotopic (exact) mass is 408 g/mol. The Labute approximate surface area is 161 Å². The first-order valence-electron chi connectivity index (χ1n) is 7.76. The number of carbonyl (C=O) groups excluding carboxylic acids is 1. The SMILES string of the molecule is O=C(Cn1c(=O)oc2cc([N+](=O)[O-])ccc21)OCCSc1ccc(Cl)cc1. The van der Waals surface area contributed by atoms with E-state index in [1.165, 1.54) is 23.9 Å². The number of thioether (sulfide) groups is 1. The maximum atomic E-state index is 12.0. The average molecular weight is 409 g/mol. The largest absolute Gasteiger partial charge is 0.463 e. The van der Waals surface area contributed by atoms with Crippen molar-refractivity contribution in [3.63, 3.8) is 0 Å². The molecule has 0 atom stereocenters. The third-order valence-corrected chi connectivity index (χ3v) is 4.81. The molecule has 8 nitrogen and oxygen atoms in total. The molecular weight excluding hydrogens is 396 g/mol. The number of non-ortho nitro benzene ring substituents is 1. The highest BCUT2D eigenvalue weighted by atomic mass is 35.5. The molecule has 2 aromatic carbocycles. The van der Waals surface area contributed by atoms with Crippen LogP contribution in [0.3, 0.4) is 0 Å². The minimum absolute atomic E-state index is 0.0419. The molecular formula is C17H13ClN2O6S. The van der Waals surface area contributed by atoms with Gasteiger partial charge in [0.15, 0.2) is 5.58 Å². The maximum absolute atomic E-state index is 12.0. The lowest BCUT2D eigenvalue weighted by Gasteiger charge is -2.05. The third-order valence-electron chi connectivity index (χ3n) is 3.58. The van der Waals surface area contributed by atoms with Crippen LogP contribution >= 0.6 is 23.4 Å². The molecule has 3 aromatic rings. The van der Waals surface area contributed by atoms with Gasteiger partial charge >= 0.3 is 11.7 Å². The van der Waals surface area contributed by atoms with Crippen molar-refractivity contribution in [1.29, 1.82) is 0 Å². The molecule has 0 fully saturated rings. The number of oxazole rings is 1. The molecule has 0 unspecified atom stereocenters. The number of nitro groups is 1. The van der Waals surface area contributed by atoms with Crippen LogP contribution in [0.4, 0.5) is 5.69 Å². The van der Waals surface area contributed by atoms with Crippen molar-refractivity contribution in [2.45, 2.75) is 11.4 Å². The van der Waals surface area contributed by atoms with Crippen LogP contribution in [-0.2, 0) is 16.1 Å². The van der Waals surface area contributed by atoms with Crippen LogP contribution in [0.1, 0.15) is 0 Å². The summed E-state index contributed by atoms with van der Waals surface area (Å²) in [7, 11) is 0. The first-order valence-corrected chi connectivity index (χ1v) is 9.12. The van der Waals surface area contributed by atoms with E-state index < -0.39 is 16.6 Å². The van der Waals surface area contributed by atoms with Crippen molar-refractivity contribution in [2.24, 2.45) is 0 Å². The molecule has 0 saturated heterocycles. The van der Waals surface area contributed by atoms with Gasteiger partial charge in [-0.3, -0.25) is 19.5 Å². The van der Waals surface area contributed by atoms with E-state index in [0.717, 1.165) is 15.5 Å². The Bertz CT molecular complexity index is 1040. The van der Waals surface area contributed by atoms with Gasteiger partial charge in [0.25, 0.3) is 5.69 Å². The minimum Gasteiger partial charge on any atom is -0.463 e. The third kappa shape index (κ3) is 4.69. The highest BCUT2D eigenvalue weighted by Crippen LogP contribution is 2.21. The van der Waals surface area contributed by atoms with Gasteiger partial charge in [-0.2, -0.15) is 0 Å². The first kappa shape index (κ1) is 19.0. The second-order valence-electron chi connectivity index (χ2n) is 5.39. The van der Waals surface area contributed by atoms with Gasteiger partial charge in [0.05, 0.1) is 16.5 Å². The number of hydrogen-bond acceptors (Lipinski definition) is 7. The summed E-state index contributed by atoms with van der Waals surface area (Å²) >= 11 is 7.32. The second kappa shape index (κ2) is 8.28. The van der Waals surface area contributed by atoms with Gasteiger partial charge in [0.1, 0.15) is 13.2 Å². The number of nitrogens with zero attached hydrogens (tertiary/aromatic N) is 2. The van der Waals surface area contributed by atoms with E-state index >= 15 is 0 Å². The lowest BCUT2D eigenvalue weighted by molar-refractivity contribution is -0.384. The van der Waals surface area contributed by atoms with E-state index in [1.54, 1.807) is 12.1 Å². The summed E-state index contributed by atoms with van der Waals surface area (Å²) < 4.78 is 11.2. The molecule has 1 aromatic heterocycles. The molecule has 0 bridgehead atoms.